The van der Waals surface area contributed by atoms with Crippen molar-refractivity contribution >= 4 is 51.9 Å². The van der Waals surface area contributed by atoms with Gasteiger partial charge in [0.25, 0.3) is 40.5 Å². The predicted molar refractivity (Wildman–Crippen MR) is 203 cm³/mol. The highest BCUT2D eigenvalue weighted by Crippen LogP contribution is 2.51. The Hall–Kier alpha value is -3.31. The second kappa shape index (κ2) is 17.7. The summed E-state index contributed by atoms with van der Waals surface area (Å²) in [6.07, 6.45) is 8.03. The quantitative estimate of drug-likeness (QED) is 0.0673. The molecule has 2 aromatic rings. The van der Waals surface area contributed by atoms with E-state index in [2.05, 4.69) is 4.99 Å². The lowest BCUT2D eigenvalue weighted by atomic mass is 9.72. The first-order chi connectivity index (χ1) is 24.9. The Bertz CT molecular complexity index is 2270. The van der Waals surface area contributed by atoms with E-state index in [9.17, 15) is 62.1 Å². The van der Waals surface area contributed by atoms with Gasteiger partial charge < -0.3 is 15.1 Å². The van der Waals surface area contributed by atoms with Crippen molar-refractivity contribution in [2.45, 2.75) is 67.1 Å². The molecule has 0 amide bonds. The van der Waals surface area contributed by atoms with Crippen LogP contribution < -0.4 is 4.90 Å². The van der Waals surface area contributed by atoms with Crippen LogP contribution in [0.15, 0.2) is 87.3 Å². The lowest BCUT2D eigenvalue weighted by molar-refractivity contribution is 0.303. The Morgan fingerprint density at radius 1 is 0.815 bits per heavy atom. The average Bonchev–Trinajstić information content (AvgIpc) is 3.26. The molecular weight excluding hydrogens is 789 g/mol. The average molecular weight is 835 g/mol. The van der Waals surface area contributed by atoms with Gasteiger partial charge in [-0.1, -0.05) is 24.3 Å². The summed E-state index contributed by atoms with van der Waals surface area (Å²) in [6, 6.07) is 7.88. The van der Waals surface area contributed by atoms with Gasteiger partial charge in [-0.05, 0) is 106 Å². The molecule has 0 saturated heterocycles. The summed E-state index contributed by atoms with van der Waals surface area (Å²) >= 11 is 0. The molecule has 6 N–H and O–H groups in total. The number of aliphatic imine (C=N–C) groups is 1. The van der Waals surface area contributed by atoms with E-state index in [-0.39, 0.29) is 52.0 Å². The number of hydrogen-bond donors (Lipinski definition) is 6. The molecule has 0 aromatic heterocycles. The van der Waals surface area contributed by atoms with E-state index in [1.807, 2.05) is 0 Å². The minimum atomic E-state index is -4.64. The minimum Gasteiger partial charge on any atom is -0.395 e. The summed E-state index contributed by atoms with van der Waals surface area (Å²) in [5.41, 5.74) is 0.434. The van der Waals surface area contributed by atoms with E-state index in [1.165, 1.54) is 36.4 Å². The Balaban J connectivity index is 2.15. The molecule has 1 heterocycles. The van der Waals surface area contributed by atoms with E-state index in [4.69, 9.17) is 0 Å². The van der Waals surface area contributed by atoms with Gasteiger partial charge in [0.2, 0.25) is 0 Å². The highest BCUT2D eigenvalue weighted by atomic mass is 32.2. The third-order valence-corrected chi connectivity index (χ3v) is 12.6. The third kappa shape index (κ3) is 11.6. The summed E-state index contributed by atoms with van der Waals surface area (Å²) in [4.78, 5) is 5.43. The number of β-amino-alcohol motifs (C(OH)–C–C–N with tert-alkyl or cyclic N) is 1. The highest BCUT2D eigenvalue weighted by Gasteiger charge is 2.43. The summed E-state index contributed by atoms with van der Waals surface area (Å²) in [5.74, 6) is -1.18. The molecule has 2 aromatic carbocycles. The molecule has 0 bridgehead atoms. The van der Waals surface area contributed by atoms with Gasteiger partial charge in [-0.25, -0.2) is 0 Å². The van der Waals surface area contributed by atoms with Crippen molar-refractivity contribution in [1.82, 2.24) is 0 Å². The molecule has 0 aliphatic carbocycles. The maximum Gasteiger partial charge on any atom is 0.294 e. The van der Waals surface area contributed by atoms with Crippen molar-refractivity contribution in [1.29, 1.82) is 0 Å². The Labute approximate surface area is 316 Å². The van der Waals surface area contributed by atoms with E-state index in [0.29, 0.717) is 33.8 Å². The van der Waals surface area contributed by atoms with Crippen LogP contribution in [0.1, 0.15) is 56.2 Å². The second-order valence-electron chi connectivity index (χ2n) is 13.2. The van der Waals surface area contributed by atoms with Gasteiger partial charge in [0.1, 0.15) is 0 Å². The number of rotatable bonds is 19. The Morgan fingerprint density at radius 2 is 1.41 bits per heavy atom. The SMILES string of the molecule is Cc1ccc(S(=O)(=O)O)cc1C(C)(CCCS(=O)(=O)O)C(/C=C/C=C/C=C1/N(CCO)c2ccc(S(=O)(=O)O)cc2C1(C)CCCS(=O)(=O)O)=N/CCO. The molecule has 2 unspecified atom stereocenters. The zero-order chi connectivity index (χ0) is 40.8. The number of anilines is 1. The molecule has 0 saturated carbocycles. The maximum atomic E-state index is 12.1. The van der Waals surface area contributed by atoms with Crippen LogP contribution >= 0.6 is 0 Å². The number of aryl methyl sites for hydroxylation is 1. The van der Waals surface area contributed by atoms with Gasteiger partial charge in [0.15, 0.2) is 0 Å². The summed E-state index contributed by atoms with van der Waals surface area (Å²) in [5, 5.41) is 19.6. The fourth-order valence-corrected chi connectivity index (χ4v) is 8.74. The van der Waals surface area contributed by atoms with Crippen molar-refractivity contribution in [3.05, 3.63) is 89.2 Å². The number of nitrogens with zero attached hydrogens (tertiary/aromatic N) is 2. The summed E-state index contributed by atoms with van der Waals surface area (Å²) in [6.45, 7) is 4.40. The molecule has 1 aliphatic rings. The first kappa shape index (κ1) is 45.1. The van der Waals surface area contributed by atoms with Crippen molar-refractivity contribution in [2.75, 3.05) is 42.7 Å². The third-order valence-electron chi connectivity index (χ3n) is 9.27. The molecule has 300 valence electrons. The van der Waals surface area contributed by atoms with Gasteiger partial charge in [-0.3, -0.25) is 23.2 Å². The number of allylic oxidation sites excluding steroid dienone is 6. The normalized spacial score (nSPS) is 19.2. The molecule has 3 rings (SSSR count). The predicted octanol–water partition coefficient (Wildman–Crippen LogP) is 3.28. The van der Waals surface area contributed by atoms with Crippen LogP contribution in [0, 0.1) is 6.92 Å². The van der Waals surface area contributed by atoms with Gasteiger partial charge in [0, 0.05) is 34.5 Å². The standard InChI is InChI=1S/C34H46N2O14S4/c1-25-11-12-26(53(45,46)47)23-28(25)33(2,15-7-21-51(39,40)41)31(35-17-19-37)9-5-4-6-10-32-34(3,16-8-22-52(42,43)44)29-24-27(54(48,49)50)13-14-30(29)36(32)18-20-38/h4-6,9-14,23-24,37-38H,7-8,15-22H2,1-3H3,(H,39,40,41)(H,42,43,44)(H,45,46,47)(H,48,49,50)/b6-4+,9-5+,32-10+,35-31+. The largest absolute Gasteiger partial charge is 0.395 e. The van der Waals surface area contributed by atoms with Gasteiger partial charge >= 0.3 is 0 Å². The molecule has 16 nitrogen and oxygen atoms in total. The van der Waals surface area contributed by atoms with Crippen molar-refractivity contribution in [3.8, 4) is 0 Å². The highest BCUT2D eigenvalue weighted by molar-refractivity contribution is 7.86. The first-order valence-electron chi connectivity index (χ1n) is 16.6. The second-order valence-corrected chi connectivity index (χ2v) is 19.2. The van der Waals surface area contributed by atoms with Crippen LogP contribution in [0.2, 0.25) is 0 Å². The monoisotopic (exact) mass is 834 g/mol. The van der Waals surface area contributed by atoms with Crippen LogP contribution in [-0.4, -0.2) is 106 Å². The van der Waals surface area contributed by atoms with Crippen molar-refractivity contribution in [2.24, 2.45) is 4.99 Å². The lowest BCUT2D eigenvalue weighted by Crippen LogP contribution is -2.34. The summed E-state index contributed by atoms with van der Waals surface area (Å²) < 4.78 is 133. The fraction of sp³-hybridized carbons (Fsp3) is 0.441. The molecular formula is C34H46N2O14S4. The van der Waals surface area contributed by atoms with Crippen molar-refractivity contribution < 1.29 is 62.1 Å². The zero-order valence-corrected chi connectivity index (χ0v) is 33.2. The molecule has 0 spiro atoms. The zero-order valence-electron chi connectivity index (χ0n) is 29.9. The van der Waals surface area contributed by atoms with Crippen molar-refractivity contribution in [3.63, 3.8) is 0 Å². The number of hydrogen-bond acceptors (Lipinski definition) is 12. The van der Waals surface area contributed by atoms with Gasteiger partial charge in [-0.15, -0.1) is 0 Å². The van der Waals surface area contributed by atoms with Gasteiger partial charge in [-0.2, -0.15) is 33.7 Å². The van der Waals surface area contributed by atoms with Crippen LogP contribution in [0.5, 0.6) is 0 Å². The summed E-state index contributed by atoms with van der Waals surface area (Å²) in [7, 11) is -18.0. The molecule has 54 heavy (non-hydrogen) atoms. The molecule has 0 fully saturated rings. The van der Waals surface area contributed by atoms with E-state index in [1.54, 1.807) is 56.1 Å². The number of aliphatic hydroxyl groups excluding tert-OH is 2. The van der Waals surface area contributed by atoms with E-state index >= 15 is 0 Å². The number of fused-ring (bicyclic) bond motifs is 1. The molecule has 2 atom stereocenters. The lowest BCUT2D eigenvalue weighted by Gasteiger charge is -2.33. The maximum absolute atomic E-state index is 12.1. The Morgan fingerprint density at radius 3 is 1.98 bits per heavy atom. The topological polar surface area (TPSA) is 274 Å². The molecule has 1 aliphatic heterocycles. The first-order valence-corrected chi connectivity index (χ1v) is 22.7. The fourth-order valence-electron chi connectivity index (χ4n) is 6.71. The number of benzene rings is 2. The smallest absolute Gasteiger partial charge is 0.294 e. The van der Waals surface area contributed by atoms with Gasteiger partial charge in [0.05, 0.1) is 41.1 Å². The van der Waals surface area contributed by atoms with Crippen LogP contribution in [0.25, 0.3) is 0 Å². The van der Waals surface area contributed by atoms with E-state index < -0.39 is 72.6 Å². The Kier molecular flexibility index (Phi) is 14.7. The van der Waals surface area contributed by atoms with Crippen LogP contribution in [0.3, 0.4) is 0 Å². The molecule has 0 radical (unpaired) electrons. The van der Waals surface area contributed by atoms with Crippen LogP contribution in [-0.2, 0) is 51.3 Å². The van der Waals surface area contributed by atoms with E-state index in [0.717, 1.165) is 0 Å². The minimum absolute atomic E-state index is 0.0299. The molecule has 20 heteroatoms. The van der Waals surface area contributed by atoms with Crippen LogP contribution in [0.4, 0.5) is 5.69 Å². The number of aliphatic hydroxyl groups is 2.